The van der Waals surface area contributed by atoms with Crippen molar-refractivity contribution in [3.63, 3.8) is 0 Å². The van der Waals surface area contributed by atoms with E-state index in [4.69, 9.17) is 16.3 Å². The molecule has 0 aliphatic heterocycles. The summed E-state index contributed by atoms with van der Waals surface area (Å²) in [5, 5.41) is 0.643. The fraction of sp³-hybridized carbons (Fsp3) is 0.0556. The van der Waals surface area contributed by atoms with Crippen molar-refractivity contribution in [2.24, 2.45) is 0 Å². The summed E-state index contributed by atoms with van der Waals surface area (Å²) >= 11 is 6.21. The summed E-state index contributed by atoms with van der Waals surface area (Å²) in [6, 6.07) is 17.1. The lowest BCUT2D eigenvalue weighted by Crippen LogP contribution is -2.02. The highest BCUT2D eigenvalue weighted by atomic mass is 35.5. The smallest absolute Gasteiger partial charge is 0.298 e. The molecule has 0 unspecified atom stereocenters. The van der Waals surface area contributed by atoms with E-state index in [-0.39, 0.29) is 0 Å². The van der Waals surface area contributed by atoms with Gasteiger partial charge in [0.1, 0.15) is 0 Å². The highest BCUT2D eigenvalue weighted by Crippen LogP contribution is 2.25. The molecular formula is C18H13ClN2O2. The molecule has 1 heterocycles. The van der Waals surface area contributed by atoms with Gasteiger partial charge in [-0.15, -0.1) is 0 Å². The van der Waals surface area contributed by atoms with E-state index in [1.807, 2.05) is 54.6 Å². The molecule has 0 saturated carbocycles. The molecular weight excluding hydrogens is 312 g/mol. The normalized spacial score (nSPS) is 10.3. The molecule has 0 amide bonds. The molecule has 0 fully saturated rings. The number of carbonyl (C=O) groups is 1. The zero-order chi connectivity index (χ0) is 16.1. The molecule has 0 saturated heterocycles. The van der Waals surface area contributed by atoms with Crippen molar-refractivity contribution in [1.82, 2.24) is 9.97 Å². The molecule has 3 aromatic rings. The van der Waals surface area contributed by atoms with Crippen LogP contribution in [-0.2, 0) is 11.2 Å². The minimum absolute atomic E-state index is 0.333. The van der Waals surface area contributed by atoms with Crippen LogP contribution in [0.4, 0.5) is 0 Å². The predicted octanol–water partition coefficient (Wildman–Crippen LogP) is 3.92. The first-order valence-corrected chi connectivity index (χ1v) is 7.41. The summed E-state index contributed by atoms with van der Waals surface area (Å²) in [5.41, 5.74) is 2.41. The fourth-order valence-corrected chi connectivity index (χ4v) is 2.43. The van der Waals surface area contributed by atoms with Crippen LogP contribution in [0.15, 0.2) is 60.8 Å². The minimum atomic E-state index is 0.333. The van der Waals surface area contributed by atoms with Gasteiger partial charge in [0.25, 0.3) is 6.47 Å². The third kappa shape index (κ3) is 3.55. The molecule has 23 heavy (non-hydrogen) atoms. The Labute approximate surface area is 138 Å². The van der Waals surface area contributed by atoms with E-state index >= 15 is 0 Å². The van der Waals surface area contributed by atoms with Gasteiger partial charge in [0, 0.05) is 17.0 Å². The van der Waals surface area contributed by atoms with Gasteiger partial charge in [0.05, 0.1) is 11.9 Å². The lowest BCUT2D eigenvalue weighted by atomic mass is 10.1. The molecule has 0 spiro atoms. The Hall–Kier alpha value is -2.72. The van der Waals surface area contributed by atoms with Gasteiger partial charge in [0.15, 0.2) is 11.6 Å². The third-order valence-corrected chi connectivity index (χ3v) is 3.72. The first kappa shape index (κ1) is 15.2. The molecule has 0 aliphatic rings. The Morgan fingerprint density at radius 1 is 1.04 bits per heavy atom. The number of carbonyl (C=O) groups excluding carboxylic acids is 1. The largest absolute Gasteiger partial charge is 0.425 e. The number of benzene rings is 2. The van der Waals surface area contributed by atoms with Gasteiger partial charge in [0.2, 0.25) is 0 Å². The zero-order valence-corrected chi connectivity index (χ0v) is 12.9. The molecule has 114 valence electrons. The third-order valence-electron chi connectivity index (χ3n) is 3.35. The zero-order valence-electron chi connectivity index (χ0n) is 12.1. The molecule has 0 aliphatic carbocycles. The molecule has 5 heteroatoms. The van der Waals surface area contributed by atoms with Crippen LogP contribution in [-0.4, -0.2) is 16.4 Å². The molecule has 3 rings (SSSR count). The lowest BCUT2D eigenvalue weighted by molar-refractivity contribution is -0.120. The highest BCUT2D eigenvalue weighted by Gasteiger charge is 2.12. The standard InChI is InChI=1S/C18H13ClN2O2/c19-15-9-5-4-8-14(15)10-16-17(23-12-22)11-20-18(21-16)13-6-2-1-3-7-13/h1-9,11-12H,10H2. The summed E-state index contributed by atoms with van der Waals surface area (Å²) < 4.78 is 4.99. The molecule has 4 nitrogen and oxygen atoms in total. The van der Waals surface area contributed by atoms with E-state index in [2.05, 4.69) is 9.97 Å². The van der Waals surface area contributed by atoms with Crippen molar-refractivity contribution in [2.75, 3.05) is 0 Å². The summed E-state index contributed by atoms with van der Waals surface area (Å²) in [4.78, 5) is 19.5. The number of aromatic nitrogens is 2. The van der Waals surface area contributed by atoms with Crippen LogP contribution in [0, 0.1) is 0 Å². The van der Waals surface area contributed by atoms with E-state index in [1.165, 1.54) is 6.20 Å². The fourth-order valence-electron chi connectivity index (χ4n) is 2.23. The SMILES string of the molecule is O=COc1cnc(-c2ccccc2)nc1Cc1ccccc1Cl. The van der Waals surface area contributed by atoms with Crippen LogP contribution in [0.25, 0.3) is 11.4 Å². The lowest BCUT2D eigenvalue weighted by Gasteiger charge is -2.09. The maximum atomic E-state index is 10.7. The maximum absolute atomic E-state index is 10.7. The summed E-state index contributed by atoms with van der Waals surface area (Å²) in [6.07, 6.45) is 1.96. The van der Waals surface area contributed by atoms with Crippen LogP contribution in [0.1, 0.15) is 11.3 Å². The Bertz CT molecular complexity index is 822. The van der Waals surface area contributed by atoms with Crippen molar-refractivity contribution >= 4 is 18.1 Å². The van der Waals surface area contributed by atoms with Crippen LogP contribution >= 0.6 is 11.6 Å². The number of rotatable bonds is 5. The van der Waals surface area contributed by atoms with E-state index in [0.717, 1.165) is 11.1 Å². The summed E-state index contributed by atoms with van der Waals surface area (Å²) in [6.45, 7) is 0.372. The van der Waals surface area contributed by atoms with Gasteiger partial charge >= 0.3 is 0 Å². The van der Waals surface area contributed by atoms with E-state index in [1.54, 1.807) is 0 Å². The minimum Gasteiger partial charge on any atom is -0.425 e. The van der Waals surface area contributed by atoms with Crippen LogP contribution in [0.5, 0.6) is 5.75 Å². The second kappa shape index (κ2) is 7.03. The van der Waals surface area contributed by atoms with Crippen molar-refractivity contribution < 1.29 is 9.53 Å². The second-order valence-corrected chi connectivity index (χ2v) is 5.26. The maximum Gasteiger partial charge on any atom is 0.298 e. The molecule has 1 aromatic heterocycles. The van der Waals surface area contributed by atoms with E-state index in [9.17, 15) is 4.79 Å². The monoisotopic (exact) mass is 324 g/mol. The summed E-state index contributed by atoms with van der Waals surface area (Å²) in [7, 11) is 0. The van der Waals surface area contributed by atoms with Crippen molar-refractivity contribution in [1.29, 1.82) is 0 Å². The Balaban J connectivity index is 2.02. The van der Waals surface area contributed by atoms with Gasteiger partial charge in [-0.25, -0.2) is 9.97 Å². The van der Waals surface area contributed by atoms with Crippen molar-refractivity contribution in [3.05, 3.63) is 77.1 Å². The first-order valence-electron chi connectivity index (χ1n) is 7.03. The van der Waals surface area contributed by atoms with Gasteiger partial charge in [-0.3, -0.25) is 4.79 Å². The molecule has 0 N–H and O–H groups in total. The van der Waals surface area contributed by atoms with Gasteiger partial charge in [-0.1, -0.05) is 60.1 Å². The predicted molar refractivity (Wildman–Crippen MR) is 88.4 cm³/mol. The number of ether oxygens (including phenoxy) is 1. The van der Waals surface area contributed by atoms with Crippen LogP contribution in [0.2, 0.25) is 5.02 Å². The van der Waals surface area contributed by atoms with Gasteiger partial charge in [-0.05, 0) is 11.6 Å². The van der Waals surface area contributed by atoms with Crippen molar-refractivity contribution in [2.45, 2.75) is 6.42 Å². The van der Waals surface area contributed by atoms with E-state index < -0.39 is 0 Å². The molecule has 0 atom stereocenters. The molecule has 0 bridgehead atoms. The molecule has 2 aromatic carbocycles. The van der Waals surface area contributed by atoms with Crippen LogP contribution < -0.4 is 4.74 Å². The average molecular weight is 325 g/mol. The number of hydrogen-bond donors (Lipinski definition) is 0. The molecule has 0 radical (unpaired) electrons. The average Bonchev–Trinajstić information content (AvgIpc) is 2.59. The number of hydrogen-bond acceptors (Lipinski definition) is 4. The van der Waals surface area contributed by atoms with Gasteiger partial charge in [-0.2, -0.15) is 0 Å². The number of nitrogens with zero attached hydrogens (tertiary/aromatic N) is 2. The Morgan fingerprint density at radius 3 is 2.52 bits per heavy atom. The van der Waals surface area contributed by atoms with Gasteiger partial charge < -0.3 is 4.74 Å². The number of halogens is 1. The van der Waals surface area contributed by atoms with Crippen LogP contribution in [0.3, 0.4) is 0 Å². The Morgan fingerprint density at radius 2 is 1.78 bits per heavy atom. The van der Waals surface area contributed by atoms with Crippen molar-refractivity contribution in [3.8, 4) is 17.1 Å². The summed E-state index contributed by atoms with van der Waals surface area (Å²) in [5.74, 6) is 0.908. The first-order chi connectivity index (χ1) is 11.3. The van der Waals surface area contributed by atoms with E-state index in [0.29, 0.717) is 35.2 Å². The second-order valence-electron chi connectivity index (χ2n) is 4.85. The Kier molecular flexibility index (Phi) is 4.64. The topological polar surface area (TPSA) is 52.1 Å². The quantitative estimate of drug-likeness (QED) is 0.667. The highest BCUT2D eigenvalue weighted by molar-refractivity contribution is 6.31.